The average Bonchev–Trinajstić information content (AvgIpc) is 3.19. The summed E-state index contributed by atoms with van der Waals surface area (Å²) in [6, 6.07) is 10.9. The molecule has 0 saturated carbocycles. The van der Waals surface area contributed by atoms with E-state index in [1.165, 1.54) is 24.8 Å². The van der Waals surface area contributed by atoms with Crippen LogP contribution in [0.2, 0.25) is 0 Å². The SMILES string of the molecule is Cn1c(CN2CCCCC2Cn2cccn2)nc2ccccc21. The Labute approximate surface area is 136 Å². The van der Waals surface area contributed by atoms with Crippen molar-refractivity contribution in [1.82, 2.24) is 24.2 Å². The van der Waals surface area contributed by atoms with Gasteiger partial charge in [0.2, 0.25) is 0 Å². The van der Waals surface area contributed by atoms with Gasteiger partial charge in [-0.25, -0.2) is 4.98 Å². The van der Waals surface area contributed by atoms with Gasteiger partial charge in [0.15, 0.2) is 0 Å². The molecule has 1 saturated heterocycles. The Hall–Kier alpha value is -2.14. The summed E-state index contributed by atoms with van der Waals surface area (Å²) >= 11 is 0. The van der Waals surface area contributed by atoms with Crippen LogP contribution in [0.15, 0.2) is 42.7 Å². The van der Waals surface area contributed by atoms with Crippen LogP contribution in [0.5, 0.6) is 0 Å². The summed E-state index contributed by atoms with van der Waals surface area (Å²) in [4.78, 5) is 7.41. The molecule has 3 aromatic rings. The first-order valence-electron chi connectivity index (χ1n) is 8.43. The molecular formula is C18H23N5. The third-order valence-corrected chi connectivity index (χ3v) is 4.93. The van der Waals surface area contributed by atoms with Gasteiger partial charge < -0.3 is 4.57 Å². The van der Waals surface area contributed by atoms with Gasteiger partial charge in [-0.3, -0.25) is 9.58 Å². The summed E-state index contributed by atoms with van der Waals surface area (Å²) in [6.45, 7) is 3.03. The number of likely N-dealkylation sites (tertiary alicyclic amines) is 1. The maximum atomic E-state index is 4.84. The van der Waals surface area contributed by atoms with E-state index in [-0.39, 0.29) is 0 Å². The first-order valence-corrected chi connectivity index (χ1v) is 8.43. The summed E-state index contributed by atoms with van der Waals surface area (Å²) in [5, 5.41) is 4.37. The van der Waals surface area contributed by atoms with Crippen LogP contribution in [0.1, 0.15) is 25.1 Å². The molecular weight excluding hydrogens is 286 g/mol. The van der Waals surface area contributed by atoms with Crippen molar-refractivity contribution in [2.75, 3.05) is 6.54 Å². The third kappa shape index (κ3) is 2.88. The lowest BCUT2D eigenvalue weighted by Crippen LogP contribution is -2.42. The Bertz CT molecular complexity index is 774. The number of imidazole rings is 1. The number of rotatable bonds is 4. The number of fused-ring (bicyclic) bond motifs is 1. The highest BCUT2D eigenvalue weighted by Gasteiger charge is 2.24. The van der Waals surface area contributed by atoms with Crippen molar-refractivity contribution in [3.8, 4) is 0 Å². The number of piperidine rings is 1. The zero-order chi connectivity index (χ0) is 15.6. The molecule has 0 spiro atoms. The van der Waals surface area contributed by atoms with Crippen molar-refractivity contribution in [1.29, 1.82) is 0 Å². The predicted octanol–water partition coefficient (Wildman–Crippen LogP) is 2.82. The van der Waals surface area contributed by atoms with Crippen LogP contribution in [0.4, 0.5) is 0 Å². The molecule has 3 heterocycles. The molecule has 1 aromatic carbocycles. The van der Waals surface area contributed by atoms with Crippen molar-refractivity contribution in [3.63, 3.8) is 0 Å². The summed E-state index contributed by atoms with van der Waals surface area (Å²) < 4.78 is 4.28. The second kappa shape index (κ2) is 6.16. The van der Waals surface area contributed by atoms with E-state index in [1.54, 1.807) is 0 Å². The molecule has 0 bridgehead atoms. The van der Waals surface area contributed by atoms with E-state index in [4.69, 9.17) is 4.98 Å². The van der Waals surface area contributed by atoms with E-state index < -0.39 is 0 Å². The number of aryl methyl sites for hydroxylation is 1. The molecule has 5 nitrogen and oxygen atoms in total. The monoisotopic (exact) mass is 309 g/mol. The zero-order valence-electron chi connectivity index (χ0n) is 13.6. The van der Waals surface area contributed by atoms with Crippen molar-refractivity contribution in [2.24, 2.45) is 7.05 Å². The predicted molar refractivity (Wildman–Crippen MR) is 91.0 cm³/mol. The standard InChI is InChI=1S/C18H23N5/c1-21-17-9-3-2-8-16(17)20-18(21)14-22-11-5-4-7-15(22)13-23-12-6-10-19-23/h2-3,6,8-10,12,15H,4-5,7,11,13-14H2,1H3. The fourth-order valence-electron chi connectivity index (χ4n) is 3.62. The fourth-order valence-corrected chi connectivity index (χ4v) is 3.62. The largest absolute Gasteiger partial charge is 0.330 e. The summed E-state index contributed by atoms with van der Waals surface area (Å²) in [6.07, 6.45) is 7.74. The van der Waals surface area contributed by atoms with Crippen LogP contribution in [0.3, 0.4) is 0 Å². The molecule has 5 heteroatoms. The van der Waals surface area contributed by atoms with E-state index in [2.05, 4.69) is 56.8 Å². The molecule has 0 aliphatic carbocycles. The van der Waals surface area contributed by atoms with Gasteiger partial charge in [-0.15, -0.1) is 0 Å². The minimum absolute atomic E-state index is 0.545. The van der Waals surface area contributed by atoms with E-state index in [0.717, 1.165) is 31.0 Å². The van der Waals surface area contributed by atoms with Crippen molar-refractivity contribution in [2.45, 2.75) is 38.4 Å². The minimum Gasteiger partial charge on any atom is -0.330 e. The number of hydrogen-bond acceptors (Lipinski definition) is 3. The molecule has 1 aliphatic rings. The highest BCUT2D eigenvalue weighted by Crippen LogP contribution is 2.22. The van der Waals surface area contributed by atoms with E-state index in [0.29, 0.717) is 6.04 Å². The Balaban J connectivity index is 1.56. The molecule has 0 amide bonds. The van der Waals surface area contributed by atoms with E-state index >= 15 is 0 Å². The van der Waals surface area contributed by atoms with Crippen LogP contribution < -0.4 is 0 Å². The Kier molecular flexibility index (Phi) is 3.87. The first kappa shape index (κ1) is 14.5. The Morgan fingerprint density at radius 3 is 2.91 bits per heavy atom. The van der Waals surface area contributed by atoms with Crippen molar-refractivity contribution in [3.05, 3.63) is 48.5 Å². The minimum atomic E-state index is 0.545. The quantitative estimate of drug-likeness (QED) is 0.744. The molecule has 1 fully saturated rings. The number of nitrogens with zero attached hydrogens (tertiary/aromatic N) is 5. The van der Waals surface area contributed by atoms with Gasteiger partial charge in [0.05, 0.1) is 24.1 Å². The van der Waals surface area contributed by atoms with Gasteiger partial charge >= 0.3 is 0 Å². The average molecular weight is 309 g/mol. The van der Waals surface area contributed by atoms with Gasteiger partial charge in [0, 0.05) is 25.5 Å². The lowest BCUT2D eigenvalue weighted by molar-refractivity contribution is 0.118. The molecule has 2 aromatic heterocycles. The number of para-hydroxylation sites is 2. The molecule has 4 rings (SSSR count). The zero-order valence-corrected chi connectivity index (χ0v) is 13.6. The molecule has 1 aliphatic heterocycles. The molecule has 1 atom stereocenters. The summed E-state index contributed by atoms with van der Waals surface area (Å²) in [5.74, 6) is 1.15. The van der Waals surface area contributed by atoms with Crippen molar-refractivity contribution < 1.29 is 0 Å². The topological polar surface area (TPSA) is 38.9 Å². The summed E-state index contributed by atoms with van der Waals surface area (Å²) in [5.41, 5.74) is 2.30. The summed E-state index contributed by atoms with van der Waals surface area (Å²) in [7, 11) is 2.12. The first-order chi connectivity index (χ1) is 11.3. The number of benzene rings is 1. The molecule has 120 valence electrons. The van der Waals surface area contributed by atoms with Gasteiger partial charge in [0.1, 0.15) is 5.82 Å². The van der Waals surface area contributed by atoms with E-state index in [9.17, 15) is 0 Å². The fraction of sp³-hybridized carbons (Fsp3) is 0.444. The normalized spacial score (nSPS) is 19.4. The second-order valence-electron chi connectivity index (χ2n) is 6.42. The number of aromatic nitrogens is 4. The van der Waals surface area contributed by atoms with Gasteiger partial charge in [-0.05, 0) is 37.6 Å². The van der Waals surface area contributed by atoms with Gasteiger partial charge in [-0.1, -0.05) is 18.6 Å². The Morgan fingerprint density at radius 1 is 1.17 bits per heavy atom. The molecule has 0 N–H and O–H groups in total. The van der Waals surface area contributed by atoms with Crippen LogP contribution in [0.25, 0.3) is 11.0 Å². The van der Waals surface area contributed by atoms with Crippen molar-refractivity contribution >= 4 is 11.0 Å². The third-order valence-electron chi connectivity index (χ3n) is 4.93. The van der Waals surface area contributed by atoms with Crippen LogP contribution in [-0.2, 0) is 20.1 Å². The van der Waals surface area contributed by atoms with Crippen LogP contribution in [0, 0.1) is 0 Å². The van der Waals surface area contributed by atoms with Crippen LogP contribution >= 0.6 is 0 Å². The maximum Gasteiger partial charge on any atom is 0.123 e. The highest BCUT2D eigenvalue weighted by molar-refractivity contribution is 5.75. The molecule has 23 heavy (non-hydrogen) atoms. The smallest absolute Gasteiger partial charge is 0.123 e. The molecule has 0 radical (unpaired) electrons. The van der Waals surface area contributed by atoms with E-state index in [1.807, 2.05) is 12.3 Å². The molecule has 1 unspecified atom stereocenters. The lowest BCUT2D eigenvalue weighted by atomic mass is 10.0. The van der Waals surface area contributed by atoms with Gasteiger partial charge in [-0.2, -0.15) is 5.10 Å². The highest BCUT2D eigenvalue weighted by atomic mass is 15.3. The Morgan fingerprint density at radius 2 is 2.09 bits per heavy atom. The van der Waals surface area contributed by atoms with Crippen LogP contribution in [-0.4, -0.2) is 36.8 Å². The maximum absolute atomic E-state index is 4.84. The number of hydrogen-bond donors (Lipinski definition) is 0. The van der Waals surface area contributed by atoms with Gasteiger partial charge in [0.25, 0.3) is 0 Å². The second-order valence-corrected chi connectivity index (χ2v) is 6.42. The lowest BCUT2D eigenvalue weighted by Gasteiger charge is -2.35.